The summed E-state index contributed by atoms with van der Waals surface area (Å²) in [6, 6.07) is 6.16. The van der Waals surface area contributed by atoms with Gasteiger partial charge < -0.3 is 5.32 Å². The number of carbonyl (C=O) groups is 1. The van der Waals surface area contributed by atoms with Gasteiger partial charge in [0, 0.05) is 29.3 Å². The largest absolute Gasteiger partial charge is 0.301 e. The Labute approximate surface area is 149 Å². The van der Waals surface area contributed by atoms with E-state index in [4.69, 9.17) is 0 Å². The Morgan fingerprint density at radius 2 is 2.21 bits per heavy atom. The number of benzene rings is 1. The number of halogens is 1. The van der Waals surface area contributed by atoms with Crippen molar-refractivity contribution < 1.29 is 9.18 Å². The van der Waals surface area contributed by atoms with E-state index in [1.807, 2.05) is 0 Å². The first-order valence-electron chi connectivity index (χ1n) is 8.03. The van der Waals surface area contributed by atoms with Crippen LogP contribution in [0.4, 0.5) is 9.52 Å². The first-order valence-corrected chi connectivity index (χ1v) is 9.83. The molecule has 1 aliphatic heterocycles. The van der Waals surface area contributed by atoms with Crippen LogP contribution in [0.25, 0.3) is 0 Å². The summed E-state index contributed by atoms with van der Waals surface area (Å²) in [7, 11) is 0. The Balaban J connectivity index is 1.53. The lowest BCUT2D eigenvalue weighted by molar-refractivity contribution is -0.113. The van der Waals surface area contributed by atoms with Crippen LogP contribution in [-0.4, -0.2) is 34.6 Å². The highest BCUT2D eigenvalue weighted by atomic mass is 32.2. The van der Waals surface area contributed by atoms with E-state index in [1.54, 1.807) is 23.5 Å². The summed E-state index contributed by atoms with van der Waals surface area (Å²) in [5.41, 5.74) is 1.12. The van der Waals surface area contributed by atoms with Crippen molar-refractivity contribution >= 4 is 34.1 Å². The van der Waals surface area contributed by atoms with Crippen molar-refractivity contribution in [3.8, 4) is 0 Å². The fraction of sp³-hybridized carbons (Fsp3) is 0.412. The van der Waals surface area contributed by atoms with Crippen LogP contribution in [0.2, 0.25) is 0 Å². The molecule has 7 heteroatoms. The van der Waals surface area contributed by atoms with E-state index in [0.29, 0.717) is 5.13 Å². The summed E-state index contributed by atoms with van der Waals surface area (Å²) >= 11 is 2.96. The highest BCUT2D eigenvalue weighted by Crippen LogP contribution is 2.28. The molecule has 128 valence electrons. The molecule has 0 atom stereocenters. The van der Waals surface area contributed by atoms with Crippen molar-refractivity contribution in [1.82, 2.24) is 9.88 Å². The zero-order chi connectivity index (χ0) is 16.9. The zero-order valence-corrected chi connectivity index (χ0v) is 15.2. The molecule has 0 fully saturated rings. The SMILES string of the molecule is CCCN1CCc2nc(NC(=O)CSc3ccc(F)cc3)sc2C1. The van der Waals surface area contributed by atoms with Crippen molar-refractivity contribution in [2.75, 3.05) is 24.2 Å². The van der Waals surface area contributed by atoms with Crippen molar-refractivity contribution in [1.29, 1.82) is 0 Å². The van der Waals surface area contributed by atoms with Crippen molar-refractivity contribution in [2.45, 2.75) is 31.2 Å². The molecule has 0 unspecified atom stereocenters. The zero-order valence-electron chi connectivity index (χ0n) is 13.5. The van der Waals surface area contributed by atoms with Gasteiger partial charge in [-0.05, 0) is 37.2 Å². The van der Waals surface area contributed by atoms with E-state index in [1.165, 1.54) is 28.8 Å². The van der Waals surface area contributed by atoms with Gasteiger partial charge in [-0.2, -0.15) is 0 Å². The molecule has 2 aromatic rings. The second-order valence-corrected chi connectivity index (χ2v) is 7.84. The van der Waals surface area contributed by atoms with Gasteiger partial charge in [-0.3, -0.25) is 9.69 Å². The van der Waals surface area contributed by atoms with Crippen molar-refractivity contribution in [2.24, 2.45) is 0 Å². The number of nitrogens with one attached hydrogen (secondary N) is 1. The maximum absolute atomic E-state index is 12.9. The van der Waals surface area contributed by atoms with E-state index >= 15 is 0 Å². The lowest BCUT2D eigenvalue weighted by atomic mass is 10.2. The minimum Gasteiger partial charge on any atom is -0.301 e. The Bertz CT molecular complexity index is 702. The molecule has 1 aromatic carbocycles. The van der Waals surface area contributed by atoms with Gasteiger partial charge in [-0.15, -0.1) is 23.1 Å². The second-order valence-electron chi connectivity index (χ2n) is 5.71. The molecule has 0 saturated carbocycles. The van der Waals surface area contributed by atoms with Crippen molar-refractivity contribution in [3.05, 3.63) is 40.7 Å². The fourth-order valence-corrected chi connectivity index (χ4v) is 4.41. The third-order valence-electron chi connectivity index (χ3n) is 3.78. The van der Waals surface area contributed by atoms with Crippen molar-refractivity contribution in [3.63, 3.8) is 0 Å². The number of nitrogens with zero attached hydrogens (tertiary/aromatic N) is 2. The molecule has 1 aromatic heterocycles. The number of rotatable bonds is 6. The quantitative estimate of drug-likeness (QED) is 0.792. The van der Waals surface area contributed by atoms with E-state index < -0.39 is 0 Å². The topological polar surface area (TPSA) is 45.2 Å². The molecule has 0 bridgehead atoms. The summed E-state index contributed by atoms with van der Waals surface area (Å²) < 4.78 is 12.9. The monoisotopic (exact) mass is 365 g/mol. The number of aromatic nitrogens is 1. The van der Waals surface area contributed by atoms with Crippen LogP contribution in [-0.2, 0) is 17.8 Å². The van der Waals surface area contributed by atoms with Crippen LogP contribution in [0.5, 0.6) is 0 Å². The minimum absolute atomic E-state index is 0.0826. The van der Waals surface area contributed by atoms with Crippen LogP contribution in [0.1, 0.15) is 23.9 Å². The standard InChI is InChI=1S/C17H20FN3OS2/c1-2-8-21-9-7-14-15(10-21)24-17(19-14)20-16(22)11-23-13-5-3-12(18)4-6-13/h3-6H,2,7-11H2,1H3,(H,19,20,22). The molecule has 0 spiro atoms. The van der Waals surface area contributed by atoms with Crippen LogP contribution in [0.15, 0.2) is 29.2 Å². The van der Waals surface area contributed by atoms with Gasteiger partial charge in [-0.1, -0.05) is 6.92 Å². The molecule has 2 heterocycles. The maximum atomic E-state index is 12.9. The molecular formula is C17H20FN3OS2. The predicted molar refractivity (Wildman–Crippen MR) is 97.1 cm³/mol. The Hall–Kier alpha value is -1.44. The number of carbonyl (C=O) groups excluding carboxylic acids is 1. The van der Waals surface area contributed by atoms with Gasteiger partial charge in [-0.25, -0.2) is 9.37 Å². The molecule has 1 N–H and O–H groups in total. The van der Waals surface area contributed by atoms with E-state index in [2.05, 4.69) is 22.1 Å². The molecular weight excluding hydrogens is 345 g/mol. The number of thioether (sulfide) groups is 1. The van der Waals surface area contributed by atoms with Crippen LogP contribution in [0, 0.1) is 5.82 Å². The number of anilines is 1. The van der Waals surface area contributed by atoms with Gasteiger partial charge in [0.15, 0.2) is 5.13 Å². The normalized spacial score (nSPS) is 14.4. The summed E-state index contributed by atoms with van der Waals surface area (Å²) in [5, 5.41) is 3.57. The van der Waals surface area contributed by atoms with Gasteiger partial charge in [0.25, 0.3) is 0 Å². The van der Waals surface area contributed by atoms with Crippen LogP contribution < -0.4 is 5.32 Å². The summed E-state index contributed by atoms with van der Waals surface area (Å²) in [5.74, 6) is -0.0622. The van der Waals surface area contributed by atoms with E-state index in [0.717, 1.165) is 43.1 Å². The average Bonchev–Trinajstić information content (AvgIpc) is 2.96. The van der Waals surface area contributed by atoms with Gasteiger partial charge in [0.2, 0.25) is 5.91 Å². The number of hydrogen-bond acceptors (Lipinski definition) is 5. The summed E-state index contributed by atoms with van der Waals surface area (Å²) in [4.78, 5) is 21.2. The average molecular weight is 365 g/mol. The molecule has 1 aliphatic rings. The van der Waals surface area contributed by atoms with Crippen LogP contribution in [0.3, 0.4) is 0 Å². The van der Waals surface area contributed by atoms with Gasteiger partial charge in [0.1, 0.15) is 5.82 Å². The van der Waals surface area contributed by atoms with Gasteiger partial charge in [0.05, 0.1) is 11.4 Å². The highest BCUT2D eigenvalue weighted by molar-refractivity contribution is 8.00. The number of thiazole rings is 1. The molecule has 1 amide bonds. The lowest BCUT2D eigenvalue weighted by Crippen LogP contribution is -2.30. The predicted octanol–water partition coefficient (Wildman–Crippen LogP) is 3.78. The Kier molecular flexibility index (Phi) is 5.86. The summed E-state index contributed by atoms with van der Waals surface area (Å²) in [6.45, 7) is 5.26. The molecule has 24 heavy (non-hydrogen) atoms. The molecule has 3 rings (SSSR count). The molecule has 0 saturated heterocycles. The molecule has 0 aliphatic carbocycles. The maximum Gasteiger partial charge on any atom is 0.236 e. The van der Waals surface area contributed by atoms with E-state index in [9.17, 15) is 9.18 Å². The molecule has 0 radical (unpaired) electrons. The number of amides is 1. The number of hydrogen-bond donors (Lipinski definition) is 1. The second kappa shape index (κ2) is 8.09. The van der Waals surface area contributed by atoms with Crippen LogP contribution >= 0.6 is 23.1 Å². The first kappa shape index (κ1) is 17.4. The third kappa shape index (κ3) is 4.55. The Morgan fingerprint density at radius 3 is 2.96 bits per heavy atom. The molecule has 4 nitrogen and oxygen atoms in total. The fourth-order valence-electron chi connectivity index (χ4n) is 2.64. The lowest BCUT2D eigenvalue weighted by Gasteiger charge is -2.24. The van der Waals surface area contributed by atoms with Gasteiger partial charge >= 0.3 is 0 Å². The third-order valence-corrected chi connectivity index (χ3v) is 5.79. The van der Waals surface area contributed by atoms with E-state index in [-0.39, 0.29) is 17.5 Å². The Morgan fingerprint density at radius 1 is 1.42 bits per heavy atom. The highest BCUT2D eigenvalue weighted by Gasteiger charge is 2.20. The number of fused-ring (bicyclic) bond motifs is 1. The first-order chi connectivity index (χ1) is 11.6. The summed E-state index contributed by atoms with van der Waals surface area (Å²) in [6.07, 6.45) is 2.10. The minimum atomic E-state index is -0.269. The smallest absolute Gasteiger partial charge is 0.236 e.